The minimum Gasteiger partial charge on any atom is -0.492 e. The molecule has 0 fully saturated rings. The lowest BCUT2D eigenvalue weighted by Crippen LogP contribution is -2.30. The van der Waals surface area contributed by atoms with Gasteiger partial charge in [-0.05, 0) is 57.5 Å². The number of hydrogen-bond acceptors (Lipinski definition) is 6. The number of ether oxygens (including phenoxy) is 1. The van der Waals surface area contributed by atoms with Crippen molar-refractivity contribution < 1.29 is 17.9 Å². The van der Waals surface area contributed by atoms with Gasteiger partial charge >= 0.3 is 0 Å². The van der Waals surface area contributed by atoms with Gasteiger partial charge in [0.2, 0.25) is 10.0 Å². The van der Waals surface area contributed by atoms with E-state index in [0.717, 1.165) is 16.8 Å². The fraction of sp³-hybridized carbons (Fsp3) is 0.375. The predicted octanol–water partition coefficient (Wildman–Crippen LogP) is 3.87. The van der Waals surface area contributed by atoms with Gasteiger partial charge in [-0.15, -0.1) is 5.10 Å². The largest absolute Gasteiger partial charge is 0.492 e. The lowest BCUT2D eigenvalue weighted by atomic mass is 10.1. The molecule has 0 saturated carbocycles. The fourth-order valence-corrected chi connectivity index (χ4v) is 5.15. The molecular formula is C24H31N5O4S. The maximum atomic E-state index is 13.1. The number of anilines is 1. The van der Waals surface area contributed by atoms with Crippen LogP contribution in [0.25, 0.3) is 5.69 Å². The van der Waals surface area contributed by atoms with Crippen LogP contribution in [0.1, 0.15) is 48.1 Å². The molecule has 2 aromatic carbocycles. The molecule has 34 heavy (non-hydrogen) atoms. The van der Waals surface area contributed by atoms with Crippen LogP contribution in [0.3, 0.4) is 0 Å². The third kappa shape index (κ3) is 5.13. The van der Waals surface area contributed by atoms with Crippen molar-refractivity contribution in [3.05, 3.63) is 58.9 Å². The standard InChI is InChI=1S/C24H31N5O4S/c1-7-28(8-2)34(31,32)19-11-13-22(33-9-3)20(15-19)25-24(30)23-18(6)26-29(27-23)21-12-10-16(4)14-17(21)5/h10-15H,7-9H2,1-6H3,(H,25,30). The zero-order chi connectivity index (χ0) is 25.0. The molecule has 1 aromatic heterocycles. The van der Waals surface area contributed by atoms with Gasteiger partial charge in [-0.1, -0.05) is 31.5 Å². The van der Waals surface area contributed by atoms with Gasteiger partial charge < -0.3 is 10.1 Å². The highest BCUT2D eigenvalue weighted by Gasteiger charge is 2.24. The summed E-state index contributed by atoms with van der Waals surface area (Å²) in [5.74, 6) is -0.138. The molecule has 0 atom stereocenters. The summed E-state index contributed by atoms with van der Waals surface area (Å²) in [6.07, 6.45) is 0. The summed E-state index contributed by atoms with van der Waals surface area (Å²) < 4.78 is 33.0. The van der Waals surface area contributed by atoms with Crippen LogP contribution in [-0.2, 0) is 10.0 Å². The molecular weight excluding hydrogens is 454 g/mol. The predicted molar refractivity (Wildman–Crippen MR) is 131 cm³/mol. The van der Waals surface area contributed by atoms with Crippen molar-refractivity contribution in [1.29, 1.82) is 0 Å². The molecule has 0 spiro atoms. The summed E-state index contributed by atoms with van der Waals surface area (Å²) in [5.41, 5.74) is 3.71. The molecule has 0 bridgehead atoms. The van der Waals surface area contributed by atoms with E-state index in [4.69, 9.17) is 4.74 Å². The number of benzene rings is 2. The zero-order valence-corrected chi connectivity index (χ0v) is 21.2. The lowest BCUT2D eigenvalue weighted by Gasteiger charge is -2.20. The zero-order valence-electron chi connectivity index (χ0n) is 20.4. The number of rotatable bonds is 9. The van der Waals surface area contributed by atoms with E-state index in [1.807, 2.05) is 39.0 Å². The second kappa shape index (κ2) is 10.4. The average molecular weight is 486 g/mol. The molecule has 0 aliphatic heterocycles. The maximum Gasteiger partial charge on any atom is 0.278 e. The molecule has 3 rings (SSSR count). The van der Waals surface area contributed by atoms with Crippen LogP contribution in [0, 0.1) is 20.8 Å². The van der Waals surface area contributed by atoms with Gasteiger partial charge in [0.1, 0.15) is 5.75 Å². The van der Waals surface area contributed by atoms with Crippen LogP contribution in [0.2, 0.25) is 0 Å². The average Bonchev–Trinajstić information content (AvgIpc) is 3.17. The Hall–Kier alpha value is -3.24. The van der Waals surface area contributed by atoms with Crippen LogP contribution in [0.4, 0.5) is 5.69 Å². The van der Waals surface area contributed by atoms with Gasteiger partial charge in [-0.3, -0.25) is 4.79 Å². The summed E-state index contributed by atoms with van der Waals surface area (Å²) in [6.45, 7) is 12.1. The number of aryl methyl sites for hydroxylation is 3. The quantitative estimate of drug-likeness (QED) is 0.493. The number of amides is 1. The summed E-state index contributed by atoms with van der Waals surface area (Å²) in [5, 5.41) is 11.6. The highest BCUT2D eigenvalue weighted by molar-refractivity contribution is 7.89. The highest BCUT2D eigenvalue weighted by Crippen LogP contribution is 2.30. The van der Waals surface area contributed by atoms with Crippen molar-refractivity contribution in [3.63, 3.8) is 0 Å². The van der Waals surface area contributed by atoms with Crippen molar-refractivity contribution >= 4 is 21.6 Å². The normalized spacial score (nSPS) is 11.6. The van der Waals surface area contributed by atoms with Crippen LogP contribution in [0.5, 0.6) is 5.75 Å². The maximum absolute atomic E-state index is 13.1. The van der Waals surface area contributed by atoms with Gasteiger partial charge in [0, 0.05) is 13.1 Å². The number of hydrogen-bond donors (Lipinski definition) is 1. The number of carbonyl (C=O) groups is 1. The van der Waals surface area contributed by atoms with Gasteiger partial charge in [0.25, 0.3) is 5.91 Å². The molecule has 0 aliphatic carbocycles. The van der Waals surface area contributed by atoms with E-state index in [2.05, 4.69) is 15.5 Å². The first kappa shape index (κ1) is 25.4. The van der Waals surface area contributed by atoms with Gasteiger partial charge in [0.05, 0.1) is 28.6 Å². The van der Waals surface area contributed by atoms with Crippen LogP contribution in [-0.4, -0.2) is 53.3 Å². The molecule has 1 amide bonds. The van der Waals surface area contributed by atoms with E-state index in [9.17, 15) is 13.2 Å². The number of nitrogens with one attached hydrogen (secondary N) is 1. The molecule has 0 aliphatic rings. The second-order valence-corrected chi connectivity index (χ2v) is 9.79. The Labute approximate surface area is 200 Å². The van der Waals surface area contributed by atoms with Crippen molar-refractivity contribution in [2.24, 2.45) is 0 Å². The fourth-order valence-electron chi connectivity index (χ4n) is 3.67. The Morgan fingerprint density at radius 1 is 1.03 bits per heavy atom. The van der Waals surface area contributed by atoms with Crippen molar-refractivity contribution in [2.45, 2.75) is 46.4 Å². The summed E-state index contributed by atoms with van der Waals surface area (Å²) in [7, 11) is -3.71. The number of nitrogens with zero attached hydrogens (tertiary/aromatic N) is 4. The smallest absolute Gasteiger partial charge is 0.278 e. The summed E-state index contributed by atoms with van der Waals surface area (Å²) >= 11 is 0. The first-order valence-corrected chi connectivity index (χ1v) is 12.7. The van der Waals surface area contributed by atoms with E-state index in [-0.39, 0.29) is 16.3 Å². The molecule has 0 saturated heterocycles. The van der Waals surface area contributed by atoms with E-state index >= 15 is 0 Å². The molecule has 10 heteroatoms. The van der Waals surface area contributed by atoms with Crippen LogP contribution in [0.15, 0.2) is 41.3 Å². The van der Waals surface area contributed by atoms with E-state index in [1.165, 1.54) is 21.2 Å². The summed E-state index contributed by atoms with van der Waals surface area (Å²) in [6, 6.07) is 10.3. The number of carbonyl (C=O) groups excluding carboxylic acids is 1. The molecule has 182 valence electrons. The minimum absolute atomic E-state index is 0.0746. The monoisotopic (exact) mass is 485 g/mol. The van der Waals surface area contributed by atoms with E-state index < -0.39 is 15.9 Å². The van der Waals surface area contributed by atoms with Gasteiger partial charge in [-0.25, -0.2) is 8.42 Å². The van der Waals surface area contributed by atoms with Crippen molar-refractivity contribution in [2.75, 3.05) is 25.0 Å². The molecule has 1 heterocycles. The first-order chi connectivity index (χ1) is 16.1. The minimum atomic E-state index is -3.71. The molecule has 0 radical (unpaired) electrons. The molecule has 3 aromatic rings. The third-order valence-corrected chi connectivity index (χ3v) is 7.45. The Morgan fingerprint density at radius 2 is 1.74 bits per heavy atom. The molecule has 0 unspecified atom stereocenters. The number of aromatic nitrogens is 3. The Bertz CT molecular complexity index is 1300. The van der Waals surface area contributed by atoms with Crippen LogP contribution >= 0.6 is 0 Å². The van der Waals surface area contributed by atoms with E-state index in [0.29, 0.717) is 31.1 Å². The van der Waals surface area contributed by atoms with E-state index in [1.54, 1.807) is 26.8 Å². The summed E-state index contributed by atoms with van der Waals surface area (Å²) in [4.78, 5) is 14.6. The third-order valence-electron chi connectivity index (χ3n) is 5.41. The molecule has 9 nitrogen and oxygen atoms in total. The molecule has 1 N–H and O–H groups in total. The topological polar surface area (TPSA) is 106 Å². The Morgan fingerprint density at radius 3 is 2.35 bits per heavy atom. The SMILES string of the molecule is CCOc1ccc(S(=O)(=O)N(CC)CC)cc1NC(=O)c1nn(-c2ccc(C)cc2C)nc1C. The Balaban J connectivity index is 1.97. The first-order valence-electron chi connectivity index (χ1n) is 11.2. The van der Waals surface area contributed by atoms with Crippen molar-refractivity contribution in [3.8, 4) is 11.4 Å². The van der Waals surface area contributed by atoms with Gasteiger partial charge in [-0.2, -0.15) is 14.2 Å². The Kier molecular flexibility index (Phi) is 7.73. The van der Waals surface area contributed by atoms with Gasteiger partial charge in [0.15, 0.2) is 5.69 Å². The highest BCUT2D eigenvalue weighted by atomic mass is 32.2. The second-order valence-electron chi connectivity index (χ2n) is 7.85. The van der Waals surface area contributed by atoms with Crippen molar-refractivity contribution in [1.82, 2.24) is 19.3 Å². The lowest BCUT2D eigenvalue weighted by molar-refractivity contribution is 0.102. The number of sulfonamides is 1. The van der Waals surface area contributed by atoms with Crippen LogP contribution < -0.4 is 10.1 Å².